The molecule has 1 aromatic heterocycles. The maximum Gasteiger partial charge on any atom is 0.410 e. The minimum Gasteiger partial charge on any atom is -0.447 e. The van der Waals surface area contributed by atoms with Gasteiger partial charge in [-0.1, -0.05) is 0 Å². The minimum atomic E-state index is -0.349. The molecule has 0 saturated heterocycles. The van der Waals surface area contributed by atoms with E-state index in [1.165, 1.54) is 0 Å². The van der Waals surface area contributed by atoms with Crippen LogP contribution in [0.15, 0.2) is 24.5 Å². The number of nitrogens with zero attached hydrogens (tertiary/aromatic N) is 2. The van der Waals surface area contributed by atoms with Gasteiger partial charge in [-0.15, -0.1) is 0 Å². The van der Waals surface area contributed by atoms with Crippen molar-refractivity contribution < 1.29 is 14.6 Å². The number of hydrogen-bond acceptors (Lipinski definition) is 4. The van der Waals surface area contributed by atoms with E-state index in [0.717, 1.165) is 18.4 Å². The van der Waals surface area contributed by atoms with Gasteiger partial charge in [-0.3, -0.25) is 4.98 Å². The monoisotopic (exact) mass is 236 g/mol. The molecule has 17 heavy (non-hydrogen) atoms. The zero-order chi connectivity index (χ0) is 12.1. The molecule has 1 fully saturated rings. The first-order valence-electron chi connectivity index (χ1n) is 5.74. The molecule has 1 aliphatic carbocycles. The van der Waals surface area contributed by atoms with E-state index < -0.39 is 0 Å². The van der Waals surface area contributed by atoms with Crippen molar-refractivity contribution in [3.05, 3.63) is 30.1 Å². The van der Waals surface area contributed by atoms with E-state index in [9.17, 15) is 4.79 Å². The summed E-state index contributed by atoms with van der Waals surface area (Å²) in [5.74, 6) is 0. The maximum absolute atomic E-state index is 11.8. The lowest BCUT2D eigenvalue weighted by molar-refractivity contribution is 0.0797. The number of carbonyl (C=O) groups excluding carboxylic acids is 1. The normalized spacial score (nSPS) is 14.4. The Morgan fingerprint density at radius 3 is 2.76 bits per heavy atom. The van der Waals surface area contributed by atoms with Gasteiger partial charge in [-0.05, 0) is 30.5 Å². The molecule has 0 bridgehead atoms. The van der Waals surface area contributed by atoms with Crippen LogP contribution >= 0.6 is 0 Å². The summed E-state index contributed by atoms with van der Waals surface area (Å²) >= 11 is 0. The molecule has 1 aromatic rings. The Morgan fingerprint density at radius 2 is 2.18 bits per heavy atom. The third kappa shape index (κ3) is 3.42. The summed E-state index contributed by atoms with van der Waals surface area (Å²) in [6.07, 6.45) is 5.12. The van der Waals surface area contributed by atoms with E-state index in [1.54, 1.807) is 17.3 Å². The Labute approximate surface area is 100 Å². The Morgan fingerprint density at radius 1 is 1.47 bits per heavy atom. The van der Waals surface area contributed by atoms with E-state index in [0.29, 0.717) is 6.54 Å². The first kappa shape index (κ1) is 11.9. The van der Waals surface area contributed by atoms with Crippen LogP contribution in [0.25, 0.3) is 0 Å². The average Bonchev–Trinajstić information content (AvgIpc) is 3.18. The molecule has 0 aliphatic heterocycles. The lowest BCUT2D eigenvalue weighted by Crippen LogP contribution is -2.33. The molecule has 0 atom stereocenters. The van der Waals surface area contributed by atoms with E-state index in [2.05, 4.69) is 4.98 Å². The van der Waals surface area contributed by atoms with Gasteiger partial charge < -0.3 is 14.7 Å². The molecule has 0 aromatic carbocycles. The van der Waals surface area contributed by atoms with Gasteiger partial charge in [-0.2, -0.15) is 0 Å². The topological polar surface area (TPSA) is 62.7 Å². The van der Waals surface area contributed by atoms with E-state index >= 15 is 0 Å². The lowest BCUT2D eigenvalue weighted by atomic mass is 10.2. The molecule has 1 heterocycles. The summed E-state index contributed by atoms with van der Waals surface area (Å²) in [5.41, 5.74) is 1.04. The predicted molar refractivity (Wildman–Crippen MR) is 61.2 cm³/mol. The van der Waals surface area contributed by atoms with Crippen LogP contribution in [-0.4, -0.2) is 40.3 Å². The van der Waals surface area contributed by atoms with E-state index in [4.69, 9.17) is 9.84 Å². The van der Waals surface area contributed by atoms with E-state index in [-0.39, 0.29) is 25.3 Å². The fraction of sp³-hybridized carbons (Fsp3) is 0.500. The maximum atomic E-state index is 11.8. The fourth-order valence-corrected chi connectivity index (χ4v) is 1.63. The highest BCUT2D eigenvalue weighted by Gasteiger charge is 2.33. The fourth-order valence-electron chi connectivity index (χ4n) is 1.63. The van der Waals surface area contributed by atoms with Crippen LogP contribution in [0.1, 0.15) is 18.4 Å². The number of carbonyl (C=O) groups is 1. The van der Waals surface area contributed by atoms with Crippen molar-refractivity contribution in [1.82, 2.24) is 9.88 Å². The third-order valence-electron chi connectivity index (χ3n) is 2.64. The number of hydrogen-bond donors (Lipinski definition) is 1. The molecule has 1 saturated carbocycles. The molecule has 1 aliphatic rings. The number of amides is 1. The van der Waals surface area contributed by atoms with Crippen molar-refractivity contribution in [3.63, 3.8) is 0 Å². The summed E-state index contributed by atoms with van der Waals surface area (Å²) in [5, 5.41) is 8.64. The Bertz CT molecular complexity index is 365. The van der Waals surface area contributed by atoms with Crippen LogP contribution in [0.4, 0.5) is 4.79 Å². The quantitative estimate of drug-likeness (QED) is 0.833. The van der Waals surface area contributed by atoms with Gasteiger partial charge in [0.05, 0.1) is 6.61 Å². The van der Waals surface area contributed by atoms with Gasteiger partial charge >= 0.3 is 6.09 Å². The molecule has 92 valence electrons. The average molecular weight is 236 g/mol. The van der Waals surface area contributed by atoms with Gasteiger partial charge in [0.2, 0.25) is 0 Å². The highest BCUT2D eigenvalue weighted by molar-refractivity contribution is 5.68. The van der Waals surface area contributed by atoms with Crippen LogP contribution in [0.2, 0.25) is 0 Å². The Kier molecular flexibility index (Phi) is 3.93. The van der Waals surface area contributed by atoms with Gasteiger partial charge in [0.1, 0.15) is 6.61 Å². The molecule has 2 rings (SSSR count). The summed E-state index contributed by atoms with van der Waals surface area (Å²) in [4.78, 5) is 17.4. The number of rotatable bonds is 5. The van der Waals surface area contributed by atoms with Crippen molar-refractivity contribution in [2.45, 2.75) is 25.4 Å². The highest BCUT2D eigenvalue weighted by Crippen LogP contribution is 2.28. The van der Waals surface area contributed by atoms with Crippen LogP contribution in [0, 0.1) is 0 Å². The molecule has 0 spiro atoms. The van der Waals surface area contributed by atoms with Crippen molar-refractivity contribution in [2.24, 2.45) is 0 Å². The molecule has 0 unspecified atom stereocenters. The molecule has 0 radical (unpaired) electrons. The molecular weight excluding hydrogens is 220 g/mol. The van der Waals surface area contributed by atoms with Crippen molar-refractivity contribution >= 4 is 6.09 Å². The predicted octanol–water partition coefficient (Wildman–Crippen LogP) is 1.17. The second-order valence-electron chi connectivity index (χ2n) is 4.05. The van der Waals surface area contributed by atoms with Crippen molar-refractivity contribution in [1.29, 1.82) is 0 Å². The zero-order valence-electron chi connectivity index (χ0n) is 9.58. The highest BCUT2D eigenvalue weighted by atomic mass is 16.6. The second-order valence-corrected chi connectivity index (χ2v) is 4.05. The van der Waals surface area contributed by atoms with Crippen molar-refractivity contribution in [3.8, 4) is 0 Å². The number of aliphatic hydroxyl groups excluding tert-OH is 1. The van der Waals surface area contributed by atoms with Crippen LogP contribution in [-0.2, 0) is 11.3 Å². The largest absolute Gasteiger partial charge is 0.447 e. The zero-order valence-corrected chi connectivity index (χ0v) is 9.58. The molecule has 1 N–H and O–H groups in total. The van der Waals surface area contributed by atoms with Gasteiger partial charge in [-0.25, -0.2) is 4.79 Å². The van der Waals surface area contributed by atoms with E-state index in [1.807, 2.05) is 12.1 Å². The number of ether oxygens (including phenoxy) is 1. The number of aromatic nitrogens is 1. The molecule has 5 nitrogen and oxygen atoms in total. The summed E-state index contributed by atoms with van der Waals surface area (Å²) in [6.45, 7) is 0.454. The summed E-state index contributed by atoms with van der Waals surface area (Å²) in [6, 6.07) is 4.05. The smallest absolute Gasteiger partial charge is 0.410 e. The minimum absolute atomic E-state index is 0.0540. The molecular formula is C12H16N2O3. The van der Waals surface area contributed by atoms with Crippen molar-refractivity contribution in [2.75, 3.05) is 13.2 Å². The molecule has 5 heteroatoms. The Balaban J connectivity index is 1.95. The number of aliphatic hydroxyl groups is 1. The molecule has 1 amide bonds. The third-order valence-corrected chi connectivity index (χ3v) is 2.64. The van der Waals surface area contributed by atoms with Gasteiger partial charge in [0.15, 0.2) is 0 Å². The van der Waals surface area contributed by atoms with Crippen LogP contribution in [0.5, 0.6) is 0 Å². The van der Waals surface area contributed by atoms with Gasteiger partial charge in [0.25, 0.3) is 0 Å². The first-order valence-corrected chi connectivity index (χ1v) is 5.74. The SMILES string of the molecule is O=C(OCCO)N(Cc1ccncc1)C1CC1. The summed E-state index contributed by atoms with van der Waals surface area (Å²) in [7, 11) is 0. The summed E-state index contributed by atoms with van der Waals surface area (Å²) < 4.78 is 4.95. The Hall–Kier alpha value is -1.62. The van der Waals surface area contributed by atoms with Gasteiger partial charge in [0, 0.05) is 25.0 Å². The lowest BCUT2D eigenvalue weighted by Gasteiger charge is -2.21. The van der Waals surface area contributed by atoms with Crippen LogP contribution < -0.4 is 0 Å². The second kappa shape index (κ2) is 5.63. The van der Waals surface area contributed by atoms with Crippen LogP contribution in [0.3, 0.4) is 0 Å². The number of pyridine rings is 1. The standard InChI is InChI=1S/C12H16N2O3/c15-7-8-17-12(16)14(11-1-2-11)9-10-3-5-13-6-4-10/h3-6,11,15H,1-2,7-9H2. The first-order chi connectivity index (χ1) is 8.31.